The summed E-state index contributed by atoms with van der Waals surface area (Å²) in [6, 6.07) is 3.69. The molecule has 0 aliphatic heterocycles. The van der Waals surface area contributed by atoms with E-state index < -0.39 is 0 Å². The normalized spacial score (nSPS) is 14.5. The number of rotatable bonds is 4. The standard InChI is InChI=1S/C17H21N3O2/c1-4-20-8-7-13-15(17(20)22)12(10(2)3)9-14(18-13)19-16(21)11-5-6-11/h7-11H,4-6H2,1-3H3,(H,18,19,21). The highest BCUT2D eigenvalue weighted by Crippen LogP contribution is 2.31. The third kappa shape index (κ3) is 2.63. The fraction of sp³-hybridized carbons (Fsp3) is 0.471. The quantitative estimate of drug-likeness (QED) is 0.944. The fourth-order valence-corrected chi connectivity index (χ4v) is 2.65. The molecule has 0 spiro atoms. The van der Waals surface area contributed by atoms with Crippen LogP contribution >= 0.6 is 0 Å². The molecule has 0 saturated heterocycles. The molecule has 1 aliphatic rings. The molecule has 0 atom stereocenters. The number of nitrogens with zero attached hydrogens (tertiary/aromatic N) is 2. The molecule has 1 aliphatic carbocycles. The largest absolute Gasteiger partial charge is 0.315 e. The third-order valence-corrected chi connectivity index (χ3v) is 4.13. The summed E-state index contributed by atoms with van der Waals surface area (Å²) < 4.78 is 1.68. The Morgan fingerprint density at radius 1 is 1.45 bits per heavy atom. The van der Waals surface area contributed by atoms with Crippen molar-refractivity contribution in [2.45, 2.75) is 46.1 Å². The number of nitrogens with one attached hydrogen (secondary N) is 1. The van der Waals surface area contributed by atoms with E-state index >= 15 is 0 Å². The van der Waals surface area contributed by atoms with Crippen molar-refractivity contribution < 1.29 is 4.79 Å². The first kappa shape index (κ1) is 14.8. The van der Waals surface area contributed by atoms with E-state index in [1.165, 1.54) is 0 Å². The number of aromatic nitrogens is 2. The van der Waals surface area contributed by atoms with Gasteiger partial charge in [0.2, 0.25) is 5.91 Å². The molecule has 1 amide bonds. The van der Waals surface area contributed by atoms with Gasteiger partial charge in [-0.25, -0.2) is 4.98 Å². The molecule has 0 radical (unpaired) electrons. The van der Waals surface area contributed by atoms with E-state index in [-0.39, 0.29) is 23.3 Å². The number of pyridine rings is 2. The van der Waals surface area contributed by atoms with Crippen LogP contribution in [0.5, 0.6) is 0 Å². The Labute approximate surface area is 129 Å². The van der Waals surface area contributed by atoms with Crippen molar-refractivity contribution >= 4 is 22.6 Å². The Hall–Kier alpha value is -2.17. The molecule has 1 saturated carbocycles. The molecule has 5 heteroatoms. The van der Waals surface area contributed by atoms with Crippen LogP contribution in [0.15, 0.2) is 23.1 Å². The van der Waals surface area contributed by atoms with Gasteiger partial charge >= 0.3 is 0 Å². The van der Waals surface area contributed by atoms with Gasteiger partial charge in [-0.2, -0.15) is 0 Å². The average molecular weight is 299 g/mol. The Balaban J connectivity index is 2.13. The van der Waals surface area contributed by atoms with Gasteiger partial charge in [0.1, 0.15) is 5.82 Å². The van der Waals surface area contributed by atoms with Crippen molar-refractivity contribution in [1.82, 2.24) is 9.55 Å². The minimum Gasteiger partial charge on any atom is -0.315 e. The lowest BCUT2D eigenvalue weighted by Gasteiger charge is -2.14. The number of anilines is 1. The number of fused-ring (bicyclic) bond motifs is 1. The summed E-state index contributed by atoms with van der Waals surface area (Å²) in [5.41, 5.74) is 1.56. The lowest BCUT2D eigenvalue weighted by molar-refractivity contribution is -0.117. The maximum absolute atomic E-state index is 12.6. The van der Waals surface area contributed by atoms with E-state index in [0.29, 0.717) is 23.3 Å². The summed E-state index contributed by atoms with van der Waals surface area (Å²) in [5, 5.41) is 3.54. The molecule has 2 heterocycles. The molecule has 2 aromatic heterocycles. The molecule has 0 bridgehead atoms. The first-order chi connectivity index (χ1) is 10.5. The second-order valence-corrected chi connectivity index (χ2v) is 6.18. The van der Waals surface area contributed by atoms with Gasteiger partial charge in [-0.1, -0.05) is 13.8 Å². The Morgan fingerprint density at radius 3 is 2.77 bits per heavy atom. The maximum atomic E-state index is 12.6. The van der Waals surface area contributed by atoms with Gasteiger partial charge in [-0.3, -0.25) is 9.59 Å². The lowest BCUT2D eigenvalue weighted by Crippen LogP contribution is -2.21. The van der Waals surface area contributed by atoms with E-state index in [2.05, 4.69) is 10.3 Å². The molecule has 22 heavy (non-hydrogen) atoms. The SMILES string of the molecule is CCn1ccc2nc(NC(=O)C3CC3)cc(C(C)C)c2c1=O. The summed E-state index contributed by atoms with van der Waals surface area (Å²) >= 11 is 0. The average Bonchev–Trinajstić information content (AvgIpc) is 3.31. The van der Waals surface area contributed by atoms with Gasteiger partial charge in [0.25, 0.3) is 5.56 Å². The van der Waals surface area contributed by atoms with Crippen molar-refractivity contribution in [3.63, 3.8) is 0 Å². The van der Waals surface area contributed by atoms with Crippen molar-refractivity contribution in [2.24, 2.45) is 5.92 Å². The lowest BCUT2D eigenvalue weighted by atomic mass is 9.99. The monoisotopic (exact) mass is 299 g/mol. The van der Waals surface area contributed by atoms with Crippen LogP contribution in [-0.4, -0.2) is 15.5 Å². The first-order valence-electron chi connectivity index (χ1n) is 7.86. The summed E-state index contributed by atoms with van der Waals surface area (Å²) in [5.74, 6) is 0.890. The molecule has 3 rings (SSSR count). The highest BCUT2D eigenvalue weighted by atomic mass is 16.2. The van der Waals surface area contributed by atoms with E-state index in [1.807, 2.05) is 32.9 Å². The van der Waals surface area contributed by atoms with Crippen molar-refractivity contribution in [2.75, 3.05) is 5.32 Å². The fourth-order valence-electron chi connectivity index (χ4n) is 2.65. The van der Waals surface area contributed by atoms with Crippen LogP contribution in [0.4, 0.5) is 5.82 Å². The van der Waals surface area contributed by atoms with Crippen molar-refractivity contribution in [3.05, 3.63) is 34.2 Å². The van der Waals surface area contributed by atoms with Crippen LogP contribution in [0.2, 0.25) is 0 Å². The first-order valence-corrected chi connectivity index (χ1v) is 7.86. The van der Waals surface area contributed by atoms with Gasteiger partial charge in [-0.05, 0) is 43.4 Å². The predicted molar refractivity (Wildman–Crippen MR) is 87.1 cm³/mol. The van der Waals surface area contributed by atoms with Gasteiger partial charge in [0, 0.05) is 18.7 Å². The molecule has 116 valence electrons. The van der Waals surface area contributed by atoms with Gasteiger partial charge in [-0.15, -0.1) is 0 Å². The summed E-state index contributed by atoms with van der Waals surface area (Å²) in [6.45, 7) is 6.67. The molecule has 1 N–H and O–H groups in total. The number of hydrogen-bond donors (Lipinski definition) is 1. The zero-order chi connectivity index (χ0) is 15.9. The van der Waals surface area contributed by atoms with Crippen LogP contribution in [0.1, 0.15) is 45.1 Å². The highest BCUT2D eigenvalue weighted by molar-refractivity contribution is 5.95. The maximum Gasteiger partial charge on any atom is 0.260 e. The number of aryl methyl sites for hydroxylation is 1. The molecular formula is C17H21N3O2. The summed E-state index contributed by atoms with van der Waals surface area (Å²) in [6.07, 6.45) is 3.67. The summed E-state index contributed by atoms with van der Waals surface area (Å²) in [7, 11) is 0. The number of carbonyl (C=O) groups is 1. The van der Waals surface area contributed by atoms with Gasteiger partial charge in [0.15, 0.2) is 0 Å². The predicted octanol–water partition coefficient (Wildman–Crippen LogP) is 2.89. The van der Waals surface area contributed by atoms with E-state index in [4.69, 9.17) is 0 Å². The number of hydrogen-bond acceptors (Lipinski definition) is 3. The number of amides is 1. The second kappa shape index (κ2) is 5.55. The minimum atomic E-state index is -0.0173. The molecule has 0 unspecified atom stereocenters. The van der Waals surface area contributed by atoms with E-state index in [1.54, 1.807) is 10.8 Å². The van der Waals surface area contributed by atoms with Gasteiger partial charge < -0.3 is 9.88 Å². The Morgan fingerprint density at radius 2 is 2.18 bits per heavy atom. The van der Waals surface area contributed by atoms with Gasteiger partial charge in [0.05, 0.1) is 10.9 Å². The Kier molecular flexibility index (Phi) is 3.72. The molecular weight excluding hydrogens is 278 g/mol. The van der Waals surface area contributed by atoms with E-state index in [9.17, 15) is 9.59 Å². The minimum absolute atomic E-state index is 0.0173. The molecule has 5 nitrogen and oxygen atoms in total. The zero-order valence-corrected chi connectivity index (χ0v) is 13.2. The molecule has 0 aromatic carbocycles. The van der Waals surface area contributed by atoms with Crippen LogP contribution < -0.4 is 10.9 Å². The van der Waals surface area contributed by atoms with Crippen molar-refractivity contribution in [1.29, 1.82) is 0 Å². The second-order valence-electron chi connectivity index (χ2n) is 6.18. The Bertz CT molecular complexity index is 788. The molecule has 1 fully saturated rings. The topological polar surface area (TPSA) is 64.0 Å². The van der Waals surface area contributed by atoms with Crippen LogP contribution in [0.25, 0.3) is 10.9 Å². The summed E-state index contributed by atoms with van der Waals surface area (Å²) in [4.78, 5) is 29.0. The zero-order valence-electron chi connectivity index (χ0n) is 13.2. The van der Waals surface area contributed by atoms with Crippen LogP contribution in [-0.2, 0) is 11.3 Å². The number of carbonyl (C=O) groups excluding carboxylic acids is 1. The highest BCUT2D eigenvalue weighted by Gasteiger charge is 2.30. The van der Waals surface area contributed by atoms with Crippen LogP contribution in [0.3, 0.4) is 0 Å². The third-order valence-electron chi connectivity index (χ3n) is 4.13. The smallest absolute Gasteiger partial charge is 0.260 e. The molecule has 2 aromatic rings. The van der Waals surface area contributed by atoms with Crippen LogP contribution in [0, 0.1) is 5.92 Å². The van der Waals surface area contributed by atoms with E-state index in [0.717, 1.165) is 18.4 Å². The van der Waals surface area contributed by atoms with Crippen molar-refractivity contribution in [3.8, 4) is 0 Å².